The number of nitrogen functional groups attached to an aromatic ring is 1. The summed E-state index contributed by atoms with van der Waals surface area (Å²) in [5, 5.41) is 3.68. The summed E-state index contributed by atoms with van der Waals surface area (Å²) in [4.78, 5) is 19.7. The Balaban J connectivity index is 1.39. The summed E-state index contributed by atoms with van der Waals surface area (Å²) < 4.78 is 16.9. The van der Waals surface area contributed by atoms with Crippen molar-refractivity contribution in [3.8, 4) is 5.75 Å². The van der Waals surface area contributed by atoms with E-state index in [1.165, 1.54) is 12.5 Å². The number of aromatic nitrogens is 1. The number of hydrogen-bond donors (Lipinski definition) is 2. The monoisotopic (exact) mass is 466 g/mol. The first kappa shape index (κ1) is 22.6. The number of ether oxygens (including phenoxy) is 3. The molecule has 1 aromatic heterocycles. The Labute approximate surface area is 196 Å². The Morgan fingerprint density at radius 1 is 1.27 bits per heavy atom. The average molecular weight is 467 g/mol. The fraction of sp³-hybridized carbons (Fsp3) is 0.250. The van der Waals surface area contributed by atoms with Crippen LogP contribution < -0.4 is 15.8 Å². The predicted molar refractivity (Wildman–Crippen MR) is 129 cm³/mol. The average Bonchev–Trinajstić information content (AvgIpc) is 3.20. The molecule has 1 aliphatic carbocycles. The zero-order valence-corrected chi connectivity index (χ0v) is 19.4. The molecule has 2 heterocycles. The maximum Gasteiger partial charge on any atom is 0.245 e. The second kappa shape index (κ2) is 10.4. The number of benzene rings is 1. The maximum absolute atomic E-state index is 13.0. The van der Waals surface area contributed by atoms with Gasteiger partial charge in [-0.25, -0.2) is 4.98 Å². The lowest BCUT2D eigenvalue weighted by atomic mass is 10.0. The van der Waals surface area contributed by atoms with E-state index in [1.807, 2.05) is 50.5 Å². The molecular weight excluding hydrogens is 440 g/mol. The van der Waals surface area contributed by atoms with Gasteiger partial charge in [0.25, 0.3) is 0 Å². The number of allylic oxidation sites excluding steroid dienone is 5. The second-order valence-electron chi connectivity index (χ2n) is 7.72. The zero-order valence-electron chi connectivity index (χ0n) is 18.5. The Bertz CT molecular complexity index is 1130. The molecule has 172 valence electrons. The zero-order chi connectivity index (χ0) is 23.2. The smallest absolute Gasteiger partial charge is 0.245 e. The summed E-state index contributed by atoms with van der Waals surface area (Å²) in [5.41, 5.74) is 7.82. The van der Waals surface area contributed by atoms with Crippen LogP contribution in [-0.2, 0) is 9.47 Å². The highest BCUT2D eigenvalue weighted by Crippen LogP contribution is 2.33. The van der Waals surface area contributed by atoms with E-state index >= 15 is 0 Å². The number of nitrogens with two attached hydrogens (primary N) is 1. The molecule has 0 saturated heterocycles. The van der Waals surface area contributed by atoms with E-state index in [4.69, 9.17) is 19.9 Å². The van der Waals surface area contributed by atoms with E-state index < -0.39 is 0 Å². The Hall–Kier alpha value is -3.56. The molecule has 0 radical (unpaired) electrons. The van der Waals surface area contributed by atoms with Gasteiger partial charge in [-0.15, -0.1) is 0 Å². The molecule has 0 spiro atoms. The van der Waals surface area contributed by atoms with Crippen molar-refractivity contribution < 1.29 is 19.0 Å². The molecule has 1 aliphatic heterocycles. The molecule has 3 N–H and O–H groups in total. The minimum Gasteiger partial charge on any atom is -0.492 e. The van der Waals surface area contributed by atoms with Gasteiger partial charge in [-0.05, 0) is 56.8 Å². The van der Waals surface area contributed by atoms with Crippen molar-refractivity contribution >= 4 is 33.8 Å². The number of carbonyl (C=O) groups excluding carboxylic acids is 1. The van der Waals surface area contributed by atoms with Crippen LogP contribution in [0.4, 0.5) is 16.6 Å². The van der Waals surface area contributed by atoms with Gasteiger partial charge in [0.2, 0.25) is 11.5 Å². The lowest BCUT2D eigenvalue weighted by Crippen LogP contribution is -2.19. The molecule has 4 rings (SSSR count). The third-order valence-corrected chi connectivity index (χ3v) is 5.88. The molecule has 8 nitrogen and oxygen atoms in total. The predicted octanol–water partition coefficient (Wildman–Crippen LogP) is 4.60. The van der Waals surface area contributed by atoms with Gasteiger partial charge in [0.05, 0.1) is 0 Å². The number of nitrogens with one attached hydrogen (secondary N) is 1. The highest BCUT2D eigenvalue weighted by Gasteiger charge is 2.26. The largest absolute Gasteiger partial charge is 0.492 e. The lowest BCUT2D eigenvalue weighted by Gasteiger charge is -2.18. The van der Waals surface area contributed by atoms with Crippen LogP contribution in [0.5, 0.6) is 5.75 Å². The van der Waals surface area contributed by atoms with E-state index in [1.54, 1.807) is 0 Å². The third kappa shape index (κ3) is 5.82. The molecule has 0 fully saturated rings. The fourth-order valence-electron chi connectivity index (χ4n) is 3.14. The highest BCUT2D eigenvalue weighted by atomic mass is 32.1. The molecule has 0 amide bonds. The summed E-state index contributed by atoms with van der Waals surface area (Å²) in [6.07, 6.45) is 10.5. The number of hydrogen-bond acceptors (Lipinski definition) is 9. The quantitative estimate of drug-likeness (QED) is 0.518. The fourth-order valence-corrected chi connectivity index (χ4v) is 3.99. The van der Waals surface area contributed by atoms with Gasteiger partial charge in [-0.3, -0.25) is 4.79 Å². The van der Waals surface area contributed by atoms with Gasteiger partial charge >= 0.3 is 0 Å². The SMILES string of the molecule is CN(C)CCOc1ccc(Nc2nc(N)c(C(=O)C3=COC=C(C4=CC=CCC4)O3)s2)cc1. The summed E-state index contributed by atoms with van der Waals surface area (Å²) in [6, 6.07) is 7.52. The third-order valence-electron chi connectivity index (χ3n) is 4.90. The molecule has 2 aliphatic rings. The minimum atomic E-state index is -0.375. The summed E-state index contributed by atoms with van der Waals surface area (Å²) >= 11 is 1.16. The number of Topliss-reactive ketones (excluding diaryl/α,β-unsaturated/α-hetero) is 1. The van der Waals surface area contributed by atoms with Crippen LogP contribution in [0, 0.1) is 0 Å². The number of rotatable bonds is 9. The van der Waals surface area contributed by atoms with Crippen molar-refractivity contribution in [2.45, 2.75) is 12.8 Å². The first-order valence-electron chi connectivity index (χ1n) is 10.5. The standard InChI is InChI=1S/C24H26N4O4S/c1-28(2)12-13-31-18-10-8-17(9-11-18)26-24-27-23(25)22(33-24)21(29)20-15-30-14-19(32-20)16-6-4-3-5-7-16/h3-4,6,8-11,14-15H,5,7,12-13,25H2,1-2H3,(H,26,27). The van der Waals surface area contributed by atoms with Gasteiger partial charge in [0.15, 0.2) is 10.9 Å². The Morgan fingerprint density at radius 3 is 2.82 bits per heavy atom. The maximum atomic E-state index is 13.0. The Morgan fingerprint density at radius 2 is 2.09 bits per heavy atom. The van der Waals surface area contributed by atoms with Gasteiger partial charge in [0.1, 0.15) is 35.6 Å². The molecule has 0 saturated carbocycles. The van der Waals surface area contributed by atoms with Crippen molar-refractivity contribution in [1.82, 2.24) is 9.88 Å². The lowest BCUT2D eigenvalue weighted by molar-refractivity contribution is 0.0938. The molecule has 1 aromatic carbocycles. The first-order valence-corrected chi connectivity index (χ1v) is 11.4. The number of nitrogens with zero attached hydrogens (tertiary/aromatic N) is 2. The topological polar surface area (TPSA) is 98.9 Å². The first-order chi connectivity index (χ1) is 16.0. The molecule has 0 bridgehead atoms. The van der Waals surface area contributed by atoms with Crippen LogP contribution in [-0.4, -0.2) is 42.9 Å². The highest BCUT2D eigenvalue weighted by molar-refractivity contribution is 7.18. The van der Waals surface area contributed by atoms with E-state index in [2.05, 4.69) is 21.3 Å². The second-order valence-corrected chi connectivity index (χ2v) is 8.72. The molecular formula is C24H26N4O4S. The van der Waals surface area contributed by atoms with Gasteiger partial charge < -0.3 is 30.2 Å². The van der Waals surface area contributed by atoms with Crippen LogP contribution in [0.2, 0.25) is 0 Å². The van der Waals surface area contributed by atoms with E-state index in [9.17, 15) is 4.79 Å². The molecule has 0 atom stereocenters. The normalized spacial score (nSPS) is 15.2. The summed E-state index contributed by atoms with van der Waals surface area (Å²) in [5.74, 6) is 1.14. The van der Waals surface area contributed by atoms with Gasteiger partial charge in [-0.1, -0.05) is 29.6 Å². The number of ketones is 1. The molecule has 9 heteroatoms. The Kier molecular flexibility index (Phi) is 7.11. The van der Waals surface area contributed by atoms with Crippen LogP contribution in [0.3, 0.4) is 0 Å². The number of anilines is 3. The molecule has 0 unspecified atom stereocenters. The summed E-state index contributed by atoms with van der Waals surface area (Å²) in [7, 11) is 4.00. The van der Waals surface area contributed by atoms with Crippen molar-refractivity contribution in [2.75, 3.05) is 38.3 Å². The van der Waals surface area contributed by atoms with Gasteiger partial charge in [0, 0.05) is 12.2 Å². The van der Waals surface area contributed by atoms with Crippen LogP contribution in [0.15, 0.2) is 72.1 Å². The van der Waals surface area contributed by atoms with Crippen molar-refractivity contribution in [3.63, 3.8) is 0 Å². The van der Waals surface area contributed by atoms with Crippen LogP contribution >= 0.6 is 11.3 Å². The van der Waals surface area contributed by atoms with Crippen LogP contribution in [0.1, 0.15) is 22.5 Å². The summed E-state index contributed by atoms with van der Waals surface area (Å²) in [6.45, 7) is 1.45. The van der Waals surface area contributed by atoms with Crippen molar-refractivity contribution in [3.05, 3.63) is 77.0 Å². The van der Waals surface area contributed by atoms with Crippen molar-refractivity contribution in [2.24, 2.45) is 0 Å². The van der Waals surface area contributed by atoms with Crippen molar-refractivity contribution in [1.29, 1.82) is 0 Å². The van der Waals surface area contributed by atoms with E-state index in [-0.39, 0.29) is 22.2 Å². The van der Waals surface area contributed by atoms with Gasteiger partial charge in [-0.2, -0.15) is 0 Å². The number of likely N-dealkylation sites (N-methyl/N-ethyl adjacent to an activating group) is 1. The van der Waals surface area contributed by atoms with E-state index in [0.717, 1.165) is 47.7 Å². The molecule has 33 heavy (non-hydrogen) atoms. The van der Waals surface area contributed by atoms with Crippen LogP contribution in [0.25, 0.3) is 0 Å². The number of thiazole rings is 1. The van der Waals surface area contributed by atoms with E-state index in [0.29, 0.717) is 17.5 Å². The number of carbonyl (C=O) groups is 1. The molecule has 2 aromatic rings. The minimum absolute atomic E-state index is 0.0732.